The Bertz CT molecular complexity index is 494. The first-order valence-corrected chi connectivity index (χ1v) is 7.87. The van der Waals surface area contributed by atoms with Gasteiger partial charge in [0, 0.05) is 10.6 Å². The molecule has 3 atom stereocenters. The zero-order valence-electron chi connectivity index (χ0n) is 13.0. The molecule has 3 unspecified atom stereocenters. The van der Waals surface area contributed by atoms with Crippen LogP contribution in [0.4, 0.5) is 4.39 Å². The summed E-state index contributed by atoms with van der Waals surface area (Å²) in [6, 6.07) is 4.29. The van der Waals surface area contributed by atoms with Gasteiger partial charge in [0.15, 0.2) is 0 Å². The van der Waals surface area contributed by atoms with Crippen molar-refractivity contribution < 1.29 is 4.39 Å². The Hall–Kier alpha value is -0.680. The molecule has 1 fully saturated rings. The van der Waals surface area contributed by atoms with Gasteiger partial charge in [-0.2, -0.15) is 0 Å². The van der Waals surface area contributed by atoms with Crippen molar-refractivity contribution in [1.29, 1.82) is 0 Å². The van der Waals surface area contributed by atoms with Crippen LogP contribution in [0, 0.1) is 11.7 Å². The molecule has 21 heavy (non-hydrogen) atoms. The molecule has 0 aliphatic heterocycles. The highest BCUT2D eigenvalue weighted by Gasteiger charge is 2.44. The van der Waals surface area contributed by atoms with Crippen molar-refractivity contribution in [3.8, 4) is 0 Å². The Labute approximate surface area is 131 Å². The summed E-state index contributed by atoms with van der Waals surface area (Å²) < 4.78 is 13.7. The van der Waals surface area contributed by atoms with E-state index in [9.17, 15) is 4.39 Å². The van der Waals surface area contributed by atoms with E-state index in [1.54, 1.807) is 6.07 Å². The third-order valence-electron chi connectivity index (χ3n) is 4.87. The largest absolute Gasteiger partial charge is 0.302 e. The predicted molar refractivity (Wildman–Crippen MR) is 85.5 cm³/mol. The van der Waals surface area contributed by atoms with Crippen LogP contribution in [-0.4, -0.2) is 24.5 Å². The molecule has 3 nitrogen and oxygen atoms in total. The van der Waals surface area contributed by atoms with Gasteiger partial charge in [0.2, 0.25) is 0 Å². The second kappa shape index (κ2) is 6.61. The molecular weight excluding hydrogens is 289 g/mol. The van der Waals surface area contributed by atoms with Gasteiger partial charge in [-0.05, 0) is 56.6 Å². The van der Waals surface area contributed by atoms with Gasteiger partial charge in [-0.3, -0.25) is 11.3 Å². The van der Waals surface area contributed by atoms with E-state index in [1.807, 2.05) is 0 Å². The van der Waals surface area contributed by atoms with Crippen LogP contribution in [0.15, 0.2) is 18.2 Å². The van der Waals surface area contributed by atoms with Crippen LogP contribution >= 0.6 is 11.6 Å². The van der Waals surface area contributed by atoms with Crippen molar-refractivity contribution in [2.24, 2.45) is 11.8 Å². The van der Waals surface area contributed by atoms with Crippen LogP contribution < -0.4 is 11.3 Å². The first-order chi connectivity index (χ1) is 9.90. The summed E-state index contributed by atoms with van der Waals surface area (Å²) in [6.45, 7) is 2.26. The molecule has 1 aromatic rings. The molecule has 1 aliphatic rings. The lowest BCUT2D eigenvalue weighted by atomic mass is 9.69. The molecule has 0 aromatic heterocycles. The number of likely N-dealkylation sites (N-methyl/N-ethyl adjacent to an activating group) is 1. The average Bonchev–Trinajstić information content (AvgIpc) is 2.43. The molecule has 2 rings (SSSR count). The molecule has 118 valence electrons. The van der Waals surface area contributed by atoms with Gasteiger partial charge in [0.05, 0.1) is 6.04 Å². The Balaban J connectivity index is 2.47. The second-order valence-corrected chi connectivity index (χ2v) is 6.87. The number of nitrogens with two attached hydrogens (primary N) is 1. The van der Waals surface area contributed by atoms with Gasteiger partial charge in [-0.15, -0.1) is 0 Å². The number of hydrogen-bond donors (Lipinski definition) is 2. The highest BCUT2D eigenvalue weighted by Crippen LogP contribution is 2.45. The second-order valence-electron chi connectivity index (χ2n) is 6.47. The zero-order valence-corrected chi connectivity index (χ0v) is 13.8. The van der Waals surface area contributed by atoms with Crippen molar-refractivity contribution in [3.63, 3.8) is 0 Å². The Morgan fingerprint density at radius 1 is 1.48 bits per heavy atom. The molecular formula is C16H25ClFN3. The molecule has 1 aromatic carbocycles. The summed E-state index contributed by atoms with van der Waals surface area (Å²) in [5.41, 5.74) is 3.50. The molecule has 5 heteroatoms. The molecule has 0 amide bonds. The van der Waals surface area contributed by atoms with E-state index in [1.165, 1.54) is 18.6 Å². The first-order valence-electron chi connectivity index (χ1n) is 7.49. The minimum atomic E-state index is -0.285. The van der Waals surface area contributed by atoms with Crippen LogP contribution in [-0.2, 0) is 0 Å². The van der Waals surface area contributed by atoms with Crippen molar-refractivity contribution >= 4 is 11.6 Å². The minimum Gasteiger partial charge on any atom is -0.302 e. The molecule has 0 saturated heterocycles. The van der Waals surface area contributed by atoms with Gasteiger partial charge >= 0.3 is 0 Å². The Morgan fingerprint density at radius 2 is 2.19 bits per heavy atom. The molecule has 0 radical (unpaired) electrons. The number of benzene rings is 1. The summed E-state index contributed by atoms with van der Waals surface area (Å²) in [5, 5.41) is 0.554. The predicted octanol–water partition coefficient (Wildman–Crippen LogP) is 3.49. The maximum absolute atomic E-state index is 13.7. The van der Waals surface area contributed by atoms with E-state index in [0.29, 0.717) is 10.9 Å². The fraction of sp³-hybridized carbons (Fsp3) is 0.625. The summed E-state index contributed by atoms with van der Waals surface area (Å²) in [4.78, 5) is 2.22. The quantitative estimate of drug-likeness (QED) is 0.660. The smallest absolute Gasteiger partial charge is 0.123 e. The third kappa shape index (κ3) is 3.24. The highest BCUT2D eigenvalue weighted by atomic mass is 35.5. The van der Waals surface area contributed by atoms with E-state index >= 15 is 0 Å². The van der Waals surface area contributed by atoms with Gasteiger partial charge < -0.3 is 4.90 Å². The lowest BCUT2D eigenvalue weighted by Crippen LogP contribution is -2.57. The van der Waals surface area contributed by atoms with Crippen LogP contribution in [0.3, 0.4) is 0 Å². The molecule has 1 saturated carbocycles. The monoisotopic (exact) mass is 313 g/mol. The number of nitrogens with zero attached hydrogens (tertiary/aromatic N) is 1. The van der Waals surface area contributed by atoms with Crippen LogP contribution in [0.5, 0.6) is 0 Å². The van der Waals surface area contributed by atoms with E-state index in [-0.39, 0.29) is 17.4 Å². The molecule has 3 N–H and O–H groups in total. The third-order valence-corrected chi connectivity index (χ3v) is 5.22. The minimum absolute atomic E-state index is 0.149. The Kier molecular flexibility index (Phi) is 5.25. The number of halogens is 2. The summed E-state index contributed by atoms with van der Waals surface area (Å²) in [7, 11) is 4.13. The van der Waals surface area contributed by atoms with E-state index < -0.39 is 0 Å². The maximum atomic E-state index is 13.7. The topological polar surface area (TPSA) is 41.3 Å². The summed E-state index contributed by atoms with van der Waals surface area (Å²) in [6.07, 6.45) is 4.40. The standard InChI is InChI=1S/C16H25ClFN3/c1-11-5-4-8-16(10-11,21(2)3)15(20-19)13-9-12(18)6-7-14(13)17/h6-7,9,11,15,20H,4-5,8,10,19H2,1-3H3. The van der Waals surface area contributed by atoms with Crippen molar-refractivity contribution in [3.05, 3.63) is 34.6 Å². The fourth-order valence-electron chi connectivity index (χ4n) is 3.76. The van der Waals surface area contributed by atoms with Crippen LogP contribution in [0.2, 0.25) is 5.02 Å². The van der Waals surface area contributed by atoms with Crippen LogP contribution in [0.1, 0.15) is 44.2 Å². The zero-order chi connectivity index (χ0) is 15.6. The lowest BCUT2D eigenvalue weighted by Gasteiger charge is -2.50. The Morgan fingerprint density at radius 3 is 2.76 bits per heavy atom. The number of rotatable bonds is 4. The summed E-state index contributed by atoms with van der Waals surface area (Å²) in [5.74, 6) is 6.20. The van der Waals surface area contributed by atoms with Crippen molar-refractivity contribution in [2.45, 2.75) is 44.2 Å². The molecule has 0 spiro atoms. The number of hydrogen-bond acceptors (Lipinski definition) is 3. The van der Waals surface area contributed by atoms with Crippen LogP contribution in [0.25, 0.3) is 0 Å². The van der Waals surface area contributed by atoms with Gasteiger partial charge in [-0.25, -0.2) is 4.39 Å². The highest BCUT2D eigenvalue weighted by molar-refractivity contribution is 6.31. The molecule has 1 aliphatic carbocycles. The van der Waals surface area contributed by atoms with Gasteiger partial charge in [0.1, 0.15) is 5.82 Å². The van der Waals surface area contributed by atoms with E-state index in [4.69, 9.17) is 17.4 Å². The average molecular weight is 314 g/mol. The normalized spacial score (nSPS) is 27.9. The first kappa shape index (κ1) is 16.7. The molecule has 0 bridgehead atoms. The maximum Gasteiger partial charge on any atom is 0.123 e. The number of hydrazine groups is 1. The van der Waals surface area contributed by atoms with E-state index in [2.05, 4.69) is 31.3 Å². The summed E-state index contributed by atoms with van der Waals surface area (Å²) >= 11 is 6.31. The van der Waals surface area contributed by atoms with Gasteiger partial charge in [0.25, 0.3) is 0 Å². The van der Waals surface area contributed by atoms with E-state index in [0.717, 1.165) is 24.8 Å². The number of nitrogens with one attached hydrogen (secondary N) is 1. The lowest BCUT2D eigenvalue weighted by molar-refractivity contribution is 0.0366. The van der Waals surface area contributed by atoms with Gasteiger partial charge in [-0.1, -0.05) is 31.4 Å². The van der Waals surface area contributed by atoms with Crippen molar-refractivity contribution in [1.82, 2.24) is 10.3 Å². The van der Waals surface area contributed by atoms with Crippen molar-refractivity contribution in [2.75, 3.05) is 14.1 Å². The SMILES string of the molecule is CC1CCCC(C(NN)c2cc(F)ccc2Cl)(N(C)C)C1. The molecule has 0 heterocycles. The fourth-order valence-corrected chi connectivity index (χ4v) is 3.99.